The summed E-state index contributed by atoms with van der Waals surface area (Å²) in [5.41, 5.74) is 0. The molecule has 3 heteroatoms. The van der Waals surface area contributed by atoms with Gasteiger partial charge in [0.25, 0.3) is 0 Å². The molecule has 2 aromatic rings. The summed E-state index contributed by atoms with van der Waals surface area (Å²) in [6.07, 6.45) is 0. The molecule has 0 heterocycles. The van der Waals surface area contributed by atoms with Gasteiger partial charge >= 0.3 is 0 Å². The van der Waals surface area contributed by atoms with Crippen molar-refractivity contribution in [3.63, 3.8) is 0 Å². The largest absolute Gasteiger partial charge is 0.0843 e. The van der Waals surface area contributed by atoms with Crippen molar-refractivity contribution in [2.45, 2.75) is 0 Å². The predicted molar refractivity (Wildman–Crippen MR) is 67.9 cm³/mol. The van der Waals surface area contributed by atoms with Gasteiger partial charge in [-0.1, -0.05) is 65.1 Å². The fourth-order valence-corrected chi connectivity index (χ4v) is 1.27. The van der Waals surface area contributed by atoms with Gasteiger partial charge in [-0.15, -0.1) is 0 Å². The van der Waals surface area contributed by atoms with Gasteiger partial charge in [0.2, 0.25) is 0 Å². The van der Waals surface area contributed by atoms with Crippen LogP contribution in [-0.2, 0) is 0 Å². The molecule has 0 unspecified atom stereocenters. The molecule has 0 saturated heterocycles. The van der Waals surface area contributed by atoms with Crippen LogP contribution in [-0.4, -0.2) is 0 Å². The van der Waals surface area contributed by atoms with Crippen LogP contribution in [0.25, 0.3) is 0 Å². The number of benzene rings is 2. The third kappa shape index (κ3) is 5.08. The van der Waals surface area contributed by atoms with Crippen molar-refractivity contribution in [3.8, 4) is 0 Å². The molecule has 0 aromatic heterocycles. The van der Waals surface area contributed by atoms with Crippen LogP contribution in [0.5, 0.6) is 0 Å². The summed E-state index contributed by atoms with van der Waals surface area (Å²) in [6.45, 7) is 0. The molecule has 0 aliphatic heterocycles. The van der Waals surface area contributed by atoms with E-state index in [0.29, 0.717) is 10.0 Å². The average molecular weight is 260 g/mol. The van der Waals surface area contributed by atoms with Crippen LogP contribution in [0, 0.1) is 0 Å². The molecule has 0 spiro atoms. The first kappa shape index (κ1) is 12.4. The van der Waals surface area contributed by atoms with Crippen LogP contribution in [0.2, 0.25) is 15.1 Å². The quantitative estimate of drug-likeness (QED) is 0.599. The number of halogens is 3. The lowest BCUT2D eigenvalue weighted by molar-refractivity contribution is 1.71. The zero-order valence-corrected chi connectivity index (χ0v) is 10.1. The first-order valence-electron chi connectivity index (χ1n) is 4.30. The molecule has 0 saturated carbocycles. The highest BCUT2D eigenvalue weighted by Gasteiger charge is 1.89. The minimum Gasteiger partial charge on any atom is -0.0843 e. The van der Waals surface area contributed by atoms with Gasteiger partial charge in [0.1, 0.15) is 0 Å². The molecule has 0 amide bonds. The van der Waals surface area contributed by atoms with Gasteiger partial charge in [0.15, 0.2) is 0 Å². The van der Waals surface area contributed by atoms with E-state index in [2.05, 4.69) is 0 Å². The van der Waals surface area contributed by atoms with E-state index in [1.807, 2.05) is 42.5 Å². The standard InChI is InChI=1S/C6H4Cl2.C6H5Cl/c7-5-3-1-2-4-6(5)8;7-6-4-2-1-3-5-6/h1-4H;1-5H. The molecular weight excluding hydrogens is 250 g/mol. The Labute approximate surface area is 104 Å². The summed E-state index contributed by atoms with van der Waals surface area (Å²) in [5.74, 6) is 0. The van der Waals surface area contributed by atoms with Crippen molar-refractivity contribution in [2.24, 2.45) is 0 Å². The Morgan fingerprint density at radius 2 is 0.933 bits per heavy atom. The maximum absolute atomic E-state index is 5.58. The summed E-state index contributed by atoms with van der Waals surface area (Å²) in [5, 5.41) is 2.01. The van der Waals surface area contributed by atoms with E-state index < -0.39 is 0 Å². The molecule has 0 aliphatic carbocycles. The van der Waals surface area contributed by atoms with Crippen LogP contribution in [0.15, 0.2) is 54.6 Å². The van der Waals surface area contributed by atoms with E-state index in [1.54, 1.807) is 12.1 Å². The molecule has 0 radical (unpaired) electrons. The van der Waals surface area contributed by atoms with Gasteiger partial charge in [-0.3, -0.25) is 0 Å². The van der Waals surface area contributed by atoms with E-state index in [-0.39, 0.29) is 0 Å². The van der Waals surface area contributed by atoms with Crippen molar-refractivity contribution >= 4 is 34.8 Å². The van der Waals surface area contributed by atoms with Crippen molar-refractivity contribution in [2.75, 3.05) is 0 Å². The van der Waals surface area contributed by atoms with Gasteiger partial charge < -0.3 is 0 Å². The van der Waals surface area contributed by atoms with Gasteiger partial charge in [-0.05, 0) is 24.3 Å². The normalized spacial score (nSPS) is 9.00. The van der Waals surface area contributed by atoms with Crippen LogP contribution in [0.1, 0.15) is 0 Å². The third-order valence-electron chi connectivity index (χ3n) is 1.56. The lowest BCUT2D eigenvalue weighted by atomic mass is 10.4. The van der Waals surface area contributed by atoms with E-state index in [9.17, 15) is 0 Å². The van der Waals surface area contributed by atoms with Crippen LogP contribution >= 0.6 is 34.8 Å². The number of hydrogen-bond acceptors (Lipinski definition) is 0. The smallest absolute Gasteiger partial charge is 0.0592 e. The zero-order valence-electron chi connectivity index (χ0n) is 7.83. The first-order valence-corrected chi connectivity index (χ1v) is 5.44. The Kier molecular flexibility index (Phi) is 5.56. The minimum absolute atomic E-state index is 0.606. The number of hydrogen-bond donors (Lipinski definition) is 0. The number of rotatable bonds is 0. The molecule has 2 aromatic carbocycles. The highest BCUT2D eigenvalue weighted by atomic mass is 35.5. The van der Waals surface area contributed by atoms with Crippen LogP contribution < -0.4 is 0 Å². The second-order valence-corrected chi connectivity index (χ2v) is 3.96. The Balaban J connectivity index is 0.000000151. The highest BCUT2D eigenvalue weighted by molar-refractivity contribution is 6.41. The molecule has 0 aliphatic rings. The molecule has 15 heavy (non-hydrogen) atoms. The summed E-state index contributed by atoms with van der Waals surface area (Å²) in [6, 6.07) is 16.6. The third-order valence-corrected chi connectivity index (χ3v) is 2.57. The summed E-state index contributed by atoms with van der Waals surface area (Å²) >= 11 is 16.7. The summed E-state index contributed by atoms with van der Waals surface area (Å²) < 4.78 is 0. The van der Waals surface area contributed by atoms with Crippen molar-refractivity contribution in [3.05, 3.63) is 69.7 Å². The van der Waals surface area contributed by atoms with E-state index >= 15 is 0 Å². The molecular formula is C12H9Cl3. The zero-order chi connectivity index (χ0) is 11.1. The van der Waals surface area contributed by atoms with Gasteiger partial charge in [0.05, 0.1) is 10.0 Å². The van der Waals surface area contributed by atoms with E-state index in [4.69, 9.17) is 34.8 Å². The summed E-state index contributed by atoms with van der Waals surface area (Å²) in [4.78, 5) is 0. The van der Waals surface area contributed by atoms with Crippen LogP contribution in [0.3, 0.4) is 0 Å². The fourth-order valence-electron chi connectivity index (χ4n) is 0.854. The Bertz CT molecular complexity index is 378. The van der Waals surface area contributed by atoms with Crippen LogP contribution in [0.4, 0.5) is 0 Å². The maximum Gasteiger partial charge on any atom is 0.0592 e. The molecule has 0 atom stereocenters. The summed E-state index contributed by atoms with van der Waals surface area (Å²) in [7, 11) is 0. The van der Waals surface area contributed by atoms with E-state index in [0.717, 1.165) is 5.02 Å². The highest BCUT2D eigenvalue weighted by Crippen LogP contribution is 2.19. The van der Waals surface area contributed by atoms with Gasteiger partial charge in [-0.2, -0.15) is 0 Å². The Morgan fingerprint density at radius 1 is 0.533 bits per heavy atom. The van der Waals surface area contributed by atoms with Gasteiger partial charge in [-0.25, -0.2) is 0 Å². The van der Waals surface area contributed by atoms with Crippen molar-refractivity contribution < 1.29 is 0 Å². The molecule has 0 nitrogen and oxygen atoms in total. The lowest BCUT2D eigenvalue weighted by Gasteiger charge is -1.88. The fraction of sp³-hybridized carbons (Fsp3) is 0. The first-order chi connectivity index (χ1) is 7.20. The molecule has 0 N–H and O–H groups in total. The molecule has 0 fully saturated rings. The maximum atomic E-state index is 5.58. The van der Waals surface area contributed by atoms with E-state index in [1.165, 1.54) is 0 Å². The minimum atomic E-state index is 0.606. The SMILES string of the molecule is Clc1ccccc1.Clc1ccccc1Cl. The van der Waals surface area contributed by atoms with Crippen molar-refractivity contribution in [1.29, 1.82) is 0 Å². The molecule has 0 bridgehead atoms. The topological polar surface area (TPSA) is 0 Å². The molecule has 78 valence electrons. The Morgan fingerprint density at radius 3 is 1.20 bits per heavy atom. The lowest BCUT2D eigenvalue weighted by Crippen LogP contribution is -1.62. The predicted octanol–water partition coefficient (Wildman–Crippen LogP) is 5.33. The second kappa shape index (κ2) is 6.73. The van der Waals surface area contributed by atoms with Crippen molar-refractivity contribution in [1.82, 2.24) is 0 Å². The van der Waals surface area contributed by atoms with Gasteiger partial charge in [0, 0.05) is 5.02 Å². The average Bonchev–Trinajstić information content (AvgIpc) is 2.25. The monoisotopic (exact) mass is 258 g/mol. The molecule has 2 rings (SSSR count). The second-order valence-electron chi connectivity index (χ2n) is 2.71. The Hall–Kier alpha value is -0.690.